The molecule has 168 valence electrons. The molecule has 3 aromatic rings. The summed E-state index contributed by atoms with van der Waals surface area (Å²) in [5.41, 5.74) is 4.83. The van der Waals surface area contributed by atoms with Gasteiger partial charge in [-0.1, -0.05) is 30.0 Å². The molecule has 0 spiro atoms. The first-order valence-electron chi connectivity index (χ1n) is 9.93. The van der Waals surface area contributed by atoms with E-state index in [-0.39, 0.29) is 12.4 Å². The number of thioether (sulfide) groups is 1. The second-order valence-electron chi connectivity index (χ2n) is 7.42. The summed E-state index contributed by atoms with van der Waals surface area (Å²) in [5.74, 6) is 6.63. The highest BCUT2D eigenvalue weighted by Crippen LogP contribution is 2.20. The average Bonchev–Trinajstić information content (AvgIpc) is 3.07. The number of carbonyl (C=O) groups excluding carboxylic acids is 2. The lowest BCUT2D eigenvalue weighted by Gasteiger charge is -2.10. The number of anilines is 1. The van der Waals surface area contributed by atoms with Gasteiger partial charge in [-0.2, -0.15) is 0 Å². The highest BCUT2D eigenvalue weighted by molar-refractivity contribution is 7.99. The molecule has 0 bridgehead atoms. The van der Waals surface area contributed by atoms with Crippen LogP contribution in [0.4, 0.5) is 10.5 Å². The number of nitrogen functional groups attached to an aromatic ring is 1. The smallest absolute Gasteiger partial charge is 0.325 e. The van der Waals surface area contributed by atoms with Crippen LogP contribution >= 0.6 is 11.8 Å². The van der Waals surface area contributed by atoms with Gasteiger partial charge in [-0.25, -0.2) is 9.47 Å². The summed E-state index contributed by atoms with van der Waals surface area (Å²) in [6.45, 7) is 7.97. The minimum absolute atomic E-state index is 0.0481. The maximum Gasteiger partial charge on any atom is 0.325 e. The predicted molar refractivity (Wildman–Crippen MR) is 124 cm³/mol. The molecule has 1 aromatic heterocycles. The Labute approximate surface area is 190 Å². The Morgan fingerprint density at radius 2 is 1.81 bits per heavy atom. The molecule has 0 saturated carbocycles. The van der Waals surface area contributed by atoms with Gasteiger partial charge in [0.05, 0.1) is 5.75 Å². The van der Waals surface area contributed by atoms with Crippen molar-refractivity contribution in [3.8, 4) is 5.75 Å². The van der Waals surface area contributed by atoms with E-state index >= 15 is 0 Å². The molecule has 0 radical (unpaired) electrons. The predicted octanol–water partition coefficient (Wildman–Crippen LogP) is 3.24. The van der Waals surface area contributed by atoms with Gasteiger partial charge in [-0.05, 0) is 68.1 Å². The number of aromatic nitrogens is 3. The molecule has 9 nitrogen and oxygen atoms in total. The molecule has 0 fully saturated rings. The highest BCUT2D eigenvalue weighted by Gasteiger charge is 2.15. The van der Waals surface area contributed by atoms with E-state index in [1.165, 1.54) is 4.68 Å². The fourth-order valence-electron chi connectivity index (χ4n) is 3.00. The number of hydrogen-bond acceptors (Lipinski definition) is 7. The Hall–Kier alpha value is -3.53. The number of imide groups is 1. The summed E-state index contributed by atoms with van der Waals surface area (Å²) >= 11 is 1.07. The summed E-state index contributed by atoms with van der Waals surface area (Å²) in [6, 6.07) is 10.9. The Morgan fingerprint density at radius 1 is 1.09 bits per heavy atom. The van der Waals surface area contributed by atoms with Crippen LogP contribution in [0.1, 0.15) is 28.1 Å². The van der Waals surface area contributed by atoms with E-state index < -0.39 is 11.9 Å². The number of nitrogens with two attached hydrogens (primary N) is 1. The van der Waals surface area contributed by atoms with Crippen molar-refractivity contribution < 1.29 is 14.3 Å². The minimum atomic E-state index is -0.596. The summed E-state index contributed by atoms with van der Waals surface area (Å²) in [6.07, 6.45) is 0. The quantitative estimate of drug-likeness (QED) is 0.370. The third-order valence-electron chi connectivity index (χ3n) is 4.74. The number of amides is 3. The van der Waals surface area contributed by atoms with E-state index in [1.807, 2.05) is 52.0 Å². The van der Waals surface area contributed by atoms with E-state index in [0.29, 0.717) is 22.4 Å². The average molecular weight is 455 g/mol. The third-order valence-corrected chi connectivity index (χ3v) is 5.68. The zero-order valence-electron chi connectivity index (χ0n) is 18.4. The minimum Gasteiger partial charge on any atom is -0.486 e. The number of ether oxygens (including phenoxy) is 1. The van der Waals surface area contributed by atoms with Gasteiger partial charge in [0.25, 0.3) is 0 Å². The van der Waals surface area contributed by atoms with Crippen molar-refractivity contribution in [2.24, 2.45) is 0 Å². The summed E-state index contributed by atoms with van der Waals surface area (Å²) in [7, 11) is 0. The van der Waals surface area contributed by atoms with Gasteiger partial charge in [0.2, 0.25) is 11.1 Å². The van der Waals surface area contributed by atoms with Gasteiger partial charge in [0.1, 0.15) is 12.4 Å². The van der Waals surface area contributed by atoms with Crippen LogP contribution in [-0.2, 0) is 11.4 Å². The van der Waals surface area contributed by atoms with Crippen LogP contribution in [0.3, 0.4) is 0 Å². The van der Waals surface area contributed by atoms with Gasteiger partial charge >= 0.3 is 6.03 Å². The lowest BCUT2D eigenvalue weighted by Crippen LogP contribution is -2.35. The fourth-order valence-corrected chi connectivity index (χ4v) is 3.68. The molecule has 4 N–H and O–H groups in total. The fraction of sp³-hybridized carbons (Fsp3) is 0.273. The topological polar surface area (TPSA) is 124 Å². The molecular weight excluding hydrogens is 428 g/mol. The molecule has 3 amide bonds. The molecule has 2 aromatic carbocycles. The van der Waals surface area contributed by atoms with Crippen molar-refractivity contribution in [2.75, 3.05) is 16.9 Å². The first-order valence-corrected chi connectivity index (χ1v) is 10.9. The van der Waals surface area contributed by atoms with Crippen LogP contribution in [0.25, 0.3) is 0 Å². The van der Waals surface area contributed by atoms with Crippen LogP contribution < -0.4 is 21.2 Å². The van der Waals surface area contributed by atoms with Gasteiger partial charge in [0.15, 0.2) is 5.82 Å². The molecule has 0 atom stereocenters. The molecule has 0 aliphatic heterocycles. The number of aryl methyl sites for hydroxylation is 3. The van der Waals surface area contributed by atoms with Gasteiger partial charge in [-0.15, -0.1) is 10.2 Å². The van der Waals surface area contributed by atoms with Crippen LogP contribution in [0.2, 0.25) is 0 Å². The van der Waals surface area contributed by atoms with Crippen LogP contribution in [0, 0.1) is 27.7 Å². The Morgan fingerprint density at radius 3 is 2.53 bits per heavy atom. The molecular formula is C22H26N6O3S. The Kier molecular flexibility index (Phi) is 7.37. The molecule has 0 aliphatic rings. The lowest BCUT2D eigenvalue weighted by molar-refractivity contribution is -0.117. The Balaban J connectivity index is 1.50. The maximum atomic E-state index is 12.1. The number of nitrogens with one attached hydrogen (secondary N) is 2. The first-order chi connectivity index (χ1) is 15.2. The van der Waals surface area contributed by atoms with Crippen LogP contribution in [-0.4, -0.2) is 32.6 Å². The number of benzene rings is 2. The SMILES string of the molecule is Cc1cc(C)cc(OCc2nnc(SCC(=O)NC(=O)Nc3cccc(C)c3C)n2N)c1. The van der Waals surface area contributed by atoms with Gasteiger partial charge in [0, 0.05) is 5.69 Å². The van der Waals surface area contributed by atoms with E-state index in [1.54, 1.807) is 6.07 Å². The van der Waals surface area contributed by atoms with E-state index in [2.05, 4.69) is 26.9 Å². The van der Waals surface area contributed by atoms with Gasteiger partial charge in [-0.3, -0.25) is 10.1 Å². The van der Waals surface area contributed by atoms with Gasteiger partial charge < -0.3 is 15.9 Å². The summed E-state index contributed by atoms with van der Waals surface area (Å²) < 4.78 is 7.03. The molecule has 10 heteroatoms. The van der Waals surface area contributed by atoms with Crippen molar-refractivity contribution in [3.63, 3.8) is 0 Å². The normalized spacial score (nSPS) is 10.6. The van der Waals surface area contributed by atoms with E-state index in [9.17, 15) is 9.59 Å². The monoisotopic (exact) mass is 454 g/mol. The number of urea groups is 1. The van der Waals surface area contributed by atoms with Crippen LogP contribution in [0.15, 0.2) is 41.6 Å². The lowest BCUT2D eigenvalue weighted by atomic mass is 10.1. The molecule has 32 heavy (non-hydrogen) atoms. The first kappa shape index (κ1) is 23.1. The second-order valence-corrected chi connectivity index (χ2v) is 8.36. The zero-order valence-corrected chi connectivity index (χ0v) is 19.2. The van der Waals surface area contributed by atoms with E-state index in [4.69, 9.17) is 10.6 Å². The van der Waals surface area contributed by atoms with E-state index in [0.717, 1.165) is 34.0 Å². The van der Waals surface area contributed by atoms with Crippen molar-refractivity contribution in [1.82, 2.24) is 20.2 Å². The number of hydrogen-bond donors (Lipinski definition) is 3. The highest BCUT2D eigenvalue weighted by atomic mass is 32.2. The molecule has 0 aliphatic carbocycles. The van der Waals surface area contributed by atoms with Crippen LogP contribution in [0.5, 0.6) is 5.75 Å². The molecule has 1 heterocycles. The standard InChI is InChI=1S/C22H26N6O3S/c1-13-8-14(2)10-17(9-13)31-11-19-26-27-22(28(19)23)32-12-20(29)25-21(30)24-18-7-5-6-15(3)16(18)4/h5-10H,11-12,23H2,1-4H3,(H2,24,25,29,30). The number of rotatable bonds is 7. The van der Waals surface area contributed by atoms with Crippen molar-refractivity contribution >= 4 is 29.4 Å². The number of carbonyl (C=O) groups is 2. The summed E-state index contributed by atoms with van der Waals surface area (Å²) in [5, 5.41) is 13.3. The van der Waals surface area contributed by atoms with Crippen molar-refractivity contribution in [3.05, 3.63) is 64.5 Å². The maximum absolute atomic E-state index is 12.1. The third kappa shape index (κ3) is 6.01. The zero-order chi connectivity index (χ0) is 23.3. The second kappa shape index (κ2) is 10.2. The molecule has 0 saturated heterocycles. The largest absolute Gasteiger partial charge is 0.486 e. The molecule has 3 rings (SSSR count). The van der Waals surface area contributed by atoms with Crippen molar-refractivity contribution in [1.29, 1.82) is 0 Å². The summed E-state index contributed by atoms with van der Waals surface area (Å²) in [4.78, 5) is 24.3. The molecule has 0 unspecified atom stereocenters. The Bertz CT molecular complexity index is 1120. The van der Waals surface area contributed by atoms with Crippen molar-refractivity contribution in [2.45, 2.75) is 39.5 Å². The number of nitrogens with zero attached hydrogens (tertiary/aromatic N) is 3.